The Morgan fingerprint density at radius 3 is 2.70 bits per heavy atom. The van der Waals surface area contributed by atoms with Crippen molar-refractivity contribution in [2.75, 3.05) is 11.1 Å². The molecule has 0 saturated heterocycles. The van der Waals surface area contributed by atoms with Crippen LogP contribution < -0.4 is 15.8 Å². The number of nitrogens with two attached hydrogens (primary N) is 1. The van der Waals surface area contributed by atoms with Crippen LogP contribution >= 0.6 is 22.6 Å². The zero-order chi connectivity index (χ0) is 14.5. The van der Waals surface area contributed by atoms with E-state index in [9.17, 15) is 4.79 Å². The monoisotopic (exact) mass is 382 g/mol. The molecule has 104 valence electrons. The minimum absolute atomic E-state index is 0.213. The van der Waals surface area contributed by atoms with Crippen LogP contribution in [0.5, 0.6) is 5.75 Å². The van der Waals surface area contributed by atoms with Crippen LogP contribution in [0.4, 0.5) is 11.4 Å². The highest BCUT2D eigenvalue weighted by Crippen LogP contribution is 2.21. The summed E-state index contributed by atoms with van der Waals surface area (Å²) in [6.07, 6.45) is -0.590. The standard InChI is InChI=1S/C15H15IN2O2/c1-10(20-14-8-3-2-7-13(14)16)15(19)18-12-6-4-5-11(17)9-12/h2-10H,17H2,1H3,(H,18,19). The summed E-state index contributed by atoms with van der Waals surface area (Å²) in [4.78, 5) is 12.1. The van der Waals surface area contributed by atoms with E-state index in [1.165, 1.54) is 0 Å². The lowest BCUT2D eigenvalue weighted by Gasteiger charge is -2.15. The van der Waals surface area contributed by atoms with Gasteiger partial charge in [0.05, 0.1) is 3.57 Å². The minimum Gasteiger partial charge on any atom is -0.480 e. The highest BCUT2D eigenvalue weighted by Gasteiger charge is 2.15. The van der Waals surface area contributed by atoms with Gasteiger partial charge in [-0.2, -0.15) is 0 Å². The van der Waals surface area contributed by atoms with Crippen molar-refractivity contribution in [3.63, 3.8) is 0 Å². The lowest BCUT2D eigenvalue weighted by molar-refractivity contribution is -0.122. The van der Waals surface area contributed by atoms with E-state index in [0.717, 1.165) is 3.57 Å². The molecular weight excluding hydrogens is 367 g/mol. The van der Waals surface area contributed by atoms with Crippen molar-refractivity contribution < 1.29 is 9.53 Å². The zero-order valence-electron chi connectivity index (χ0n) is 11.0. The van der Waals surface area contributed by atoms with Crippen LogP contribution in [-0.2, 0) is 4.79 Å². The quantitative estimate of drug-likeness (QED) is 0.630. The maximum atomic E-state index is 12.1. The summed E-state index contributed by atoms with van der Waals surface area (Å²) < 4.78 is 6.62. The van der Waals surface area contributed by atoms with E-state index in [-0.39, 0.29) is 5.91 Å². The first kappa shape index (κ1) is 14.6. The molecule has 1 atom stereocenters. The molecule has 0 saturated carbocycles. The fourth-order valence-corrected chi connectivity index (χ4v) is 2.16. The Kier molecular flexibility index (Phi) is 4.84. The van der Waals surface area contributed by atoms with E-state index in [2.05, 4.69) is 27.9 Å². The number of hydrogen-bond acceptors (Lipinski definition) is 3. The summed E-state index contributed by atoms with van der Waals surface area (Å²) in [5.74, 6) is 0.485. The number of para-hydroxylation sites is 1. The largest absolute Gasteiger partial charge is 0.480 e. The SMILES string of the molecule is CC(Oc1ccccc1I)C(=O)Nc1cccc(N)c1. The fraction of sp³-hybridized carbons (Fsp3) is 0.133. The molecule has 0 spiro atoms. The number of nitrogen functional groups attached to an aromatic ring is 1. The third-order valence-electron chi connectivity index (χ3n) is 2.66. The molecule has 0 fully saturated rings. The topological polar surface area (TPSA) is 64.3 Å². The predicted octanol–water partition coefficient (Wildman–Crippen LogP) is 3.28. The number of ether oxygens (including phenoxy) is 1. The number of anilines is 2. The van der Waals surface area contributed by atoms with E-state index in [0.29, 0.717) is 17.1 Å². The molecule has 0 aliphatic rings. The van der Waals surface area contributed by atoms with Crippen LogP contribution in [0.3, 0.4) is 0 Å². The van der Waals surface area contributed by atoms with Gasteiger partial charge in [0, 0.05) is 11.4 Å². The molecule has 0 aromatic heterocycles. The smallest absolute Gasteiger partial charge is 0.265 e. The third-order valence-corrected chi connectivity index (χ3v) is 3.55. The second-order valence-electron chi connectivity index (χ2n) is 4.31. The lowest BCUT2D eigenvalue weighted by Crippen LogP contribution is -2.30. The molecule has 0 radical (unpaired) electrons. The number of hydrogen-bond donors (Lipinski definition) is 2. The molecule has 1 amide bonds. The summed E-state index contributed by atoms with van der Waals surface area (Å²) in [5, 5.41) is 2.78. The maximum Gasteiger partial charge on any atom is 0.265 e. The van der Waals surface area contributed by atoms with Crippen molar-refractivity contribution in [3.05, 3.63) is 52.1 Å². The number of benzene rings is 2. The maximum absolute atomic E-state index is 12.1. The first-order valence-electron chi connectivity index (χ1n) is 6.14. The van der Waals surface area contributed by atoms with Crippen molar-refractivity contribution in [1.82, 2.24) is 0 Å². The summed E-state index contributed by atoms with van der Waals surface area (Å²) in [6, 6.07) is 14.6. The highest BCUT2D eigenvalue weighted by molar-refractivity contribution is 14.1. The molecule has 0 bridgehead atoms. The lowest BCUT2D eigenvalue weighted by atomic mass is 10.2. The van der Waals surface area contributed by atoms with Gasteiger partial charge < -0.3 is 15.8 Å². The summed E-state index contributed by atoms with van der Waals surface area (Å²) >= 11 is 2.17. The van der Waals surface area contributed by atoms with Gasteiger partial charge >= 0.3 is 0 Å². The normalized spacial score (nSPS) is 11.7. The Balaban J connectivity index is 2.01. The molecule has 3 N–H and O–H groups in total. The van der Waals surface area contributed by atoms with Gasteiger partial charge in [0.1, 0.15) is 5.75 Å². The first-order valence-corrected chi connectivity index (χ1v) is 7.22. The Labute approximate surface area is 131 Å². The van der Waals surface area contributed by atoms with Crippen LogP contribution in [0.2, 0.25) is 0 Å². The van der Waals surface area contributed by atoms with E-state index in [4.69, 9.17) is 10.5 Å². The number of nitrogens with one attached hydrogen (secondary N) is 1. The van der Waals surface area contributed by atoms with Gasteiger partial charge in [-0.25, -0.2) is 0 Å². The molecule has 2 rings (SSSR count). The number of carbonyl (C=O) groups excluding carboxylic acids is 1. The molecule has 5 heteroatoms. The highest BCUT2D eigenvalue weighted by atomic mass is 127. The minimum atomic E-state index is -0.590. The molecule has 2 aromatic rings. The number of rotatable bonds is 4. The van der Waals surface area contributed by atoms with Crippen molar-refractivity contribution in [2.24, 2.45) is 0 Å². The van der Waals surface area contributed by atoms with Crippen molar-refractivity contribution in [1.29, 1.82) is 0 Å². The Morgan fingerprint density at radius 1 is 1.25 bits per heavy atom. The first-order chi connectivity index (χ1) is 9.56. The Bertz CT molecular complexity index is 616. The van der Waals surface area contributed by atoms with Gasteiger partial charge in [0.15, 0.2) is 6.10 Å². The Morgan fingerprint density at radius 2 is 2.00 bits per heavy atom. The van der Waals surface area contributed by atoms with Gasteiger partial charge in [0.2, 0.25) is 0 Å². The van der Waals surface area contributed by atoms with E-state index in [1.807, 2.05) is 24.3 Å². The molecule has 4 nitrogen and oxygen atoms in total. The van der Waals surface area contributed by atoms with Gasteiger partial charge in [-0.1, -0.05) is 18.2 Å². The van der Waals surface area contributed by atoms with Crippen molar-refractivity contribution >= 4 is 39.9 Å². The number of amides is 1. The molecule has 0 aliphatic carbocycles. The van der Waals surface area contributed by atoms with Gasteiger partial charge in [-0.3, -0.25) is 4.79 Å². The molecule has 0 heterocycles. The second-order valence-corrected chi connectivity index (χ2v) is 5.47. The van der Waals surface area contributed by atoms with E-state index in [1.54, 1.807) is 31.2 Å². The summed E-state index contributed by atoms with van der Waals surface area (Å²) in [7, 11) is 0. The predicted molar refractivity (Wildman–Crippen MR) is 88.7 cm³/mol. The van der Waals surface area contributed by atoms with Crippen LogP contribution in [0.25, 0.3) is 0 Å². The molecule has 2 aromatic carbocycles. The van der Waals surface area contributed by atoms with Gasteiger partial charge in [0.25, 0.3) is 5.91 Å². The van der Waals surface area contributed by atoms with Crippen molar-refractivity contribution in [2.45, 2.75) is 13.0 Å². The average molecular weight is 382 g/mol. The summed E-state index contributed by atoms with van der Waals surface area (Å²) in [5.41, 5.74) is 6.94. The zero-order valence-corrected chi connectivity index (χ0v) is 13.1. The van der Waals surface area contributed by atoms with Crippen LogP contribution in [0.15, 0.2) is 48.5 Å². The number of carbonyl (C=O) groups is 1. The average Bonchev–Trinajstić information content (AvgIpc) is 2.41. The molecule has 1 unspecified atom stereocenters. The molecular formula is C15H15IN2O2. The Hall–Kier alpha value is -1.76. The van der Waals surface area contributed by atoms with Crippen molar-refractivity contribution in [3.8, 4) is 5.75 Å². The molecule has 0 aliphatic heterocycles. The van der Waals surface area contributed by atoms with E-state index < -0.39 is 6.10 Å². The second kappa shape index (κ2) is 6.60. The van der Waals surface area contributed by atoms with E-state index >= 15 is 0 Å². The van der Waals surface area contributed by atoms with Crippen LogP contribution in [0.1, 0.15) is 6.92 Å². The van der Waals surface area contributed by atoms with Gasteiger partial charge in [-0.15, -0.1) is 0 Å². The fourth-order valence-electron chi connectivity index (χ4n) is 1.64. The number of halogens is 1. The van der Waals surface area contributed by atoms with Gasteiger partial charge in [-0.05, 0) is 59.8 Å². The van der Waals surface area contributed by atoms with Crippen LogP contribution in [0, 0.1) is 3.57 Å². The molecule has 20 heavy (non-hydrogen) atoms. The third kappa shape index (κ3) is 3.86. The van der Waals surface area contributed by atoms with Crippen LogP contribution in [-0.4, -0.2) is 12.0 Å². The summed E-state index contributed by atoms with van der Waals surface area (Å²) in [6.45, 7) is 1.71.